The van der Waals surface area contributed by atoms with E-state index in [4.69, 9.17) is 9.68 Å². The van der Waals surface area contributed by atoms with Crippen molar-refractivity contribution in [3.8, 4) is 0 Å². The summed E-state index contributed by atoms with van der Waals surface area (Å²) in [5.74, 6) is -7.81. The van der Waals surface area contributed by atoms with Crippen molar-refractivity contribution in [2.45, 2.75) is 31.5 Å². The lowest BCUT2D eigenvalue weighted by molar-refractivity contribution is -0.206. The van der Waals surface area contributed by atoms with Gasteiger partial charge in [-0.3, -0.25) is 28.8 Å². The third-order valence-corrected chi connectivity index (χ3v) is 15.4. The maximum Gasteiger partial charge on any atom is 0.336 e. The van der Waals surface area contributed by atoms with Crippen LogP contribution in [-0.2, 0) is 41.7 Å². The van der Waals surface area contributed by atoms with Crippen LogP contribution in [0.2, 0.25) is 0 Å². The van der Waals surface area contributed by atoms with Crippen LogP contribution < -0.4 is 21.3 Å². The van der Waals surface area contributed by atoms with Gasteiger partial charge >= 0.3 is 11.9 Å². The van der Waals surface area contributed by atoms with Crippen LogP contribution in [0.5, 0.6) is 0 Å². The number of carbonyl (C=O) groups is 8. The molecule has 2 rings (SSSR count). The number of amides is 6. The standard InChI is InChI=1S/C37H44I6N6O18/c38-28-18(30(40)26(36(64)46-12-16(56)14-54)32(42)24(28)34(62)44-1-5-50)9-22(60)66-48(3-7-52)20(58)11-21(59)49(4-8-53)67-23(61)10-19-29(39)25(35(63)45-2-6-51)33(43)27(31(19)41)37(65)47-13-17(57)15-55/h16-17,50-57H,1-15H2,(H,44,62)(H,45,63)(H,46,64)(H,47,65). The summed E-state index contributed by atoms with van der Waals surface area (Å²) in [6, 6.07) is 0. The second-order valence-corrected chi connectivity index (χ2v) is 19.8. The molecule has 0 saturated heterocycles. The molecule has 2 aromatic carbocycles. The highest BCUT2D eigenvalue weighted by Gasteiger charge is 2.33. The molecule has 12 N–H and O–H groups in total. The van der Waals surface area contributed by atoms with E-state index >= 15 is 0 Å². The van der Waals surface area contributed by atoms with Crippen molar-refractivity contribution in [1.29, 1.82) is 0 Å². The van der Waals surface area contributed by atoms with Gasteiger partial charge in [-0.2, -0.15) is 10.1 Å². The fourth-order valence-electron chi connectivity index (χ4n) is 5.31. The van der Waals surface area contributed by atoms with E-state index in [0.29, 0.717) is 10.1 Å². The summed E-state index contributed by atoms with van der Waals surface area (Å²) in [4.78, 5) is 117. The van der Waals surface area contributed by atoms with Crippen LogP contribution >= 0.6 is 136 Å². The Morgan fingerprint density at radius 1 is 0.463 bits per heavy atom. The Balaban J connectivity index is 2.43. The zero-order chi connectivity index (χ0) is 50.7. The molecule has 0 radical (unpaired) electrons. The lowest BCUT2D eigenvalue weighted by Gasteiger charge is -2.24. The zero-order valence-corrected chi connectivity index (χ0v) is 47.5. The van der Waals surface area contributed by atoms with Gasteiger partial charge in [0, 0.05) is 47.6 Å². The Kier molecular flexibility index (Phi) is 28.3. The number of aliphatic hydroxyl groups excluding tert-OH is 8. The summed E-state index contributed by atoms with van der Waals surface area (Å²) in [7, 11) is 0. The van der Waals surface area contributed by atoms with Gasteiger partial charge in [-0.05, 0) is 147 Å². The fourth-order valence-corrected chi connectivity index (χ4v) is 14.4. The molecule has 30 heteroatoms. The van der Waals surface area contributed by atoms with Gasteiger partial charge in [-0.15, -0.1) is 0 Å². The van der Waals surface area contributed by atoms with Crippen LogP contribution in [0, 0.1) is 21.4 Å². The summed E-state index contributed by atoms with van der Waals surface area (Å²) >= 11 is 10.5. The number of aliphatic hydroxyl groups is 8. The molecule has 2 atom stereocenters. The van der Waals surface area contributed by atoms with Gasteiger partial charge < -0.3 is 71.8 Å². The Bertz CT molecular complexity index is 2020. The van der Waals surface area contributed by atoms with Gasteiger partial charge in [0.2, 0.25) is 0 Å². The van der Waals surface area contributed by atoms with E-state index in [-0.39, 0.29) is 81.0 Å². The molecular weight excluding hydrogens is 1580 g/mol. The minimum atomic E-state index is -1.31. The first-order chi connectivity index (χ1) is 31.6. The average Bonchev–Trinajstić information content (AvgIpc) is 3.28. The molecule has 24 nitrogen and oxygen atoms in total. The highest BCUT2D eigenvalue weighted by molar-refractivity contribution is 14.1. The van der Waals surface area contributed by atoms with E-state index in [1.165, 1.54) is 0 Å². The first-order valence-electron chi connectivity index (χ1n) is 19.2. The second kappa shape index (κ2) is 30.9. The van der Waals surface area contributed by atoms with Gasteiger partial charge in [0.05, 0.1) is 100 Å². The molecule has 0 aliphatic carbocycles. The van der Waals surface area contributed by atoms with Gasteiger partial charge in [0.1, 0.15) is 6.42 Å². The van der Waals surface area contributed by atoms with Crippen molar-refractivity contribution in [3.05, 3.63) is 54.8 Å². The predicted molar refractivity (Wildman–Crippen MR) is 281 cm³/mol. The number of nitrogens with one attached hydrogen (secondary N) is 4. The predicted octanol–water partition coefficient (Wildman–Crippen LogP) is -2.34. The molecule has 0 bridgehead atoms. The smallest absolute Gasteiger partial charge is 0.336 e. The quantitative estimate of drug-likeness (QED) is 0.0298. The maximum atomic E-state index is 13.5. The van der Waals surface area contributed by atoms with Crippen molar-refractivity contribution in [2.24, 2.45) is 0 Å². The maximum absolute atomic E-state index is 13.5. The van der Waals surface area contributed by atoms with E-state index in [9.17, 15) is 79.2 Å². The SMILES string of the molecule is O=C(Cc1c(I)c(C(=O)NCCO)c(I)c(C(=O)NCC(O)CO)c1I)ON(CCO)C(=O)CC(=O)N(CCO)OC(=O)Cc1c(I)c(C(=O)NCCO)c(I)c(C(=O)NCC(O)CO)c1I. The normalized spacial score (nSPS) is 11.8. The van der Waals surface area contributed by atoms with E-state index in [0.717, 1.165) is 0 Å². The van der Waals surface area contributed by atoms with E-state index in [1.54, 1.807) is 136 Å². The summed E-state index contributed by atoms with van der Waals surface area (Å²) < 4.78 is 0.936. The largest absolute Gasteiger partial charge is 0.395 e. The van der Waals surface area contributed by atoms with Gasteiger partial charge in [0.25, 0.3) is 35.4 Å². The van der Waals surface area contributed by atoms with Crippen LogP contribution in [0.25, 0.3) is 0 Å². The van der Waals surface area contributed by atoms with Crippen LogP contribution in [0.4, 0.5) is 0 Å². The first-order valence-corrected chi connectivity index (χ1v) is 25.7. The number of halogens is 6. The van der Waals surface area contributed by atoms with Crippen molar-refractivity contribution in [1.82, 2.24) is 31.4 Å². The molecule has 0 aliphatic rings. The Morgan fingerprint density at radius 3 is 1.03 bits per heavy atom. The summed E-state index contributed by atoms with van der Waals surface area (Å²) in [6.07, 6.45) is -5.18. The molecule has 0 aliphatic heterocycles. The van der Waals surface area contributed by atoms with Crippen LogP contribution in [-0.4, -0.2) is 189 Å². The lowest BCUT2D eigenvalue weighted by Crippen LogP contribution is -2.42. The minimum Gasteiger partial charge on any atom is -0.395 e. The number of carbonyl (C=O) groups excluding carboxylic acids is 8. The van der Waals surface area contributed by atoms with Crippen LogP contribution in [0.3, 0.4) is 0 Å². The third kappa shape index (κ3) is 17.8. The molecule has 6 amide bonds. The number of benzene rings is 2. The summed E-state index contributed by atoms with van der Waals surface area (Å²) in [5, 5.41) is 86.5. The second-order valence-electron chi connectivity index (χ2n) is 13.3. The van der Waals surface area contributed by atoms with Gasteiger partial charge in [-0.1, -0.05) is 0 Å². The average molecular weight is 1620 g/mol. The zero-order valence-electron chi connectivity index (χ0n) is 34.6. The summed E-state index contributed by atoms with van der Waals surface area (Å²) in [5.41, 5.74) is -0.152. The molecule has 0 saturated carbocycles. The highest BCUT2D eigenvalue weighted by atomic mass is 127. The fraction of sp³-hybridized carbons (Fsp3) is 0.459. The number of hydrogen-bond donors (Lipinski definition) is 12. The number of nitrogens with zero attached hydrogens (tertiary/aromatic N) is 2. The molecule has 0 spiro atoms. The molecular formula is C37H44I6N6O18. The van der Waals surface area contributed by atoms with Gasteiger partial charge in [0.15, 0.2) is 0 Å². The number of hydroxylamine groups is 4. The molecule has 372 valence electrons. The minimum absolute atomic E-state index is 0.0607. The van der Waals surface area contributed by atoms with Crippen molar-refractivity contribution in [2.75, 3.05) is 78.9 Å². The molecule has 0 heterocycles. The third-order valence-electron chi connectivity index (χ3n) is 8.47. The number of hydrogen-bond acceptors (Lipinski definition) is 18. The Hall–Kier alpha value is -1.74. The topological polar surface area (TPSA) is 371 Å². The highest BCUT2D eigenvalue weighted by Crippen LogP contribution is 2.34. The Morgan fingerprint density at radius 2 is 0.761 bits per heavy atom. The molecule has 2 aromatic rings. The molecule has 0 aromatic heterocycles. The molecule has 2 unspecified atom stereocenters. The first kappa shape index (κ1) is 61.4. The van der Waals surface area contributed by atoms with E-state index < -0.39 is 132 Å². The van der Waals surface area contributed by atoms with Gasteiger partial charge in [-0.25, -0.2) is 9.59 Å². The molecule has 0 fully saturated rings. The van der Waals surface area contributed by atoms with Crippen molar-refractivity contribution in [3.63, 3.8) is 0 Å². The molecule has 67 heavy (non-hydrogen) atoms. The monoisotopic (exact) mass is 1620 g/mol. The van der Waals surface area contributed by atoms with Crippen LogP contribution in [0.1, 0.15) is 59.0 Å². The van der Waals surface area contributed by atoms with Crippen molar-refractivity contribution < 1.29 is 88.9 Å². The van der Waals surface area contributed by atoms with E-state index in [2.05, 4.69) is 21.3 Å². The lowest BCUT2D eigenvalue weighted by atomic mass is 10.0. The number of rotatable bonds is 24. The van der Waals surface area contributed by atoms with E-state index in [1.807, 2.05) is 0 Å². The summed E-state index contributed by atoms with van der Waals surface area (Å²) in [6.45, 7) is -6.13. The van der Waals surface area contributed by atoms with Crippen molar-refractivity contribution >= 4 is 183 Å². The van der Waals surface area contributed by atoms with Crippen LogP contribution in [0.15, 0.2) is 0 Å². The Labute approximate surface area is 463 Å².